The average Bonchev–Trinajstić information content (AvgIpc) is 2.09. The molecule has 0 radical (unpaired) electrons. The molecule has 0 heterocycles. The van der Waals surface area contributed by atoms with Gasteiger partial charge in [0.05, 0.1) is 0 Å². The summed E-state index contributed by atoms with van der Waals surface area (Å²) in [5.74, 6) is 0. The quantitative estimate of drug-likeness (QED) is 0.425. The van der Waals surface area contributed by atoms with Gasteiger partial charge in [0.25, 0.3) is 0 Å². The maximum absolute atomic E-state index is 3.26. The van der Waals surface area contributed by atoms with Crippen LogP contribution < -0.4 is 0 Å². The SMILES string of the molecule is CCC/C=C(\C=C=C(C)C)CCC. The lowest BCUT2D eigenvalue weighted by Crippen LogP contribution is -1.77. The lowest BCUT2D eigenvalue weighted by Gasteiger charge is -1.97. The van der Waals surface area contributed by atoms with Crippen LogP contribution in [0.15, 0.2) is 29.0 Å². The molecule has 0 rings (SSSR count). The summed E-state index contributed by atoms with van der Waals surface area (Å²) >= 11 is 0. The molecule has 0 atom stereocenters. The van der Waals surface area contributed by atoms with Crippen molar-refractivity contribution < 1.29 is 0 Å². The second-order valence-electron chi connectivity index (χ2n) is 3.61. The van der Waals surface area contributed by atoms with Crippen LogP contribution in [-0.4, -0.2) is 0 Å². The lowest BCUT2D eigenvalue weighted by molar-refractivity contribution is 0.894. The van der Waals surface area contributed by atoms with Crippen LogP contribution in [0.25, 0.3) is 0 Å². The topological polar surface area (TPSA) is 0 Å². The van der Waals surface area contributed by atoms with Crippen LogP contribution in [0.3, 0.4) is 0 Å². The molecule has 0 fully saturated rings. The van der Waals surface area contributed by atoms with Crippen molar-refractivity contribution in [1.29, 1.82) is 0 Å². The van der Waals surface area contributed by atoms with E-state index in [1.165, 1.54) is 36.8 Å². The van der Waals surface area contributed by atoms with Crippen LogP contribution in [0.1, 0.15) is 53.4 Å². The predicted molar refractivity (Wildman–Crippen MR) is 60.8 cm³/mol. The minimum Gasteiger partial charge on any atom is -0.122 e. The van der Waals surface area contributed by atoms with Crippen molar-refractivity contribution in [1.82, 2.24) is 0 Å². The van der Waals surface area contributed by atoms with Gasteiger partial charge in [-0.15, -0.1) is 5.73 Å². The summed E-state index contributed by atoms with van der Waals surface area (Å²) < 4.78 is 0. The van der Waals surface area contributed by atoms with Gasteiger partial charge in [-0.3, -0.25) is 0 Å². The average molecular weight is 178 g/mol. The minimum atomic E-state index is 1.18. The van der Waals surface area contributed by atoms with Crippen LogP contribution >= 0.6 is 0 Å². The Morgan fingerprint density at radius 2 is 1.85 bits per heavy atom. The van der Waals surface area contributed by atoms with E-state index in [1.807, 2.05) is 0 Å². The monoisotopic (exact) mass is 178 g/mol. The molecule has 0 N–H and O–H groups in total. The molecule has 0 amide bonds. The Hall–Kier alpha value is -0.740. The first-order chi connectivity index (χ1) is 6.20. The third-order valence-electron chi connectivity index (χ3n) is 1.78. The number of allylic oxidation sites excluding steroid dienone is 3. The van der Waals surface area contributed by atoms with Crippen molar-refractivity contribution in [3.8, 4) is 0 Å². The summed E-state index contributed by atoms with van der Waals surface area (Å²) in [6, 6.07) is 0. The fourth-order valence-corrected chi connectivity index (χ4v) is 1.09. The molecule has 0 saturated carbocycles. The van der Waals surface area contributed by atoms with Crippen molar-refractivity contribution in [2.45, 2.75) is 53.4 Å². The van der Waals surface area contributed by atoms with Crippen molar-refractivity contribution in [3.63, 3.8) is 0 Å². The van der Waals surface area contributed by atoms with Gasteiger partial charge >= 0.3 is 0 Å². The number of rotatable bonds is 5. The molecule has 0 spiro atoms. The van der Waals surface area contributed by atoms with Gasteiger partial charge in [-0.25, -0.2) is 0 Å². The molecule has 74 valence electrons. The van der Waals surface area contributed by atoms with Crippen molar-refractivity contribution in [2.75, 3.05) is 0 Å². The second kappa shape index (κ2) is 7.89. The molecule has 0 aromatic heterocycles. The van der Waals surface area contributed by atoms with E-state index in [9.17, 15) is 0 Å². The van der Waals surface area contributed by atoms with Gasteiger partial charge < -0.3 is 0 Å². The van der Waals surface area contributed by atoms with Crippen LogP contribution in [0.5, 0.6) is 0 Å². The van der Waals surface area contributed by atoms with E-state index in [4.69, 9.17) is 0 Å². The Morgan fingerprint density at radius 3 is 2.31 bits per heavy atom. The Balaban J connectivity index is 4.34. The van der Waals surface area contributed by atoms with Gasteiger partial charge in [-0.1, -0.05) is 32.8 Å². The summed E-state index contributed by atoms with van der Waals surface area (Å²) in [6.07, 6.45) is 9.29. The van der Waals surface area contributed by atoms with Crippen LogP contribution in [0.4, 0.5) is 0 Å². The largest absolute Gasteiger partial charge is 0.122 e. The first kappa shape index (κ1) is 12.3. The smallest absolute Gasteiger partial charge is 0.0172 e. The first-order valence-corrected chi connectivity index (χ1v) is 5.29. The van der Waals surface area contributed by atoms with E-state index in [2.05, 4.69) is 45.6 Å². The summed E-state index contributed by atoms with van der Waals surface area (Å²) in [5.41, 5.74) is 5.95. The maximum atomic E-state index is 3.26. The van der Waals surface area contributed by atoms with Crippen molar-refractivity contribution in [3.05, 3.63) is 29.0 Å². The molecule has 0 aliphatic rings. The Kier molecular flexibility index (Phi) is 7.44. The predicted octanol–water partition coefficient (Wildman–Crippen LogP) is 4.63. The van der Waals surface area contributed by atoms with E-state index >= 15 is 0 Å². The zero-order valence-electron chi connectivity index (χ0n) is 9.48. The van der Waals surface area contributed by atoms with Gasteiger partial charge in [0.2, 0.25) is 0 Å². The molecular weight excluding hydrogens is 156 g/mol. The molecule has 0 bridgehead atoms. The van der Waals surface area contributed by atoms with Crippen molar-refractivity contribution in [2.24, 2.45) is 0 Å². The zero-order valence-corrected chi connectivity index (χ0v) is 9.48. The minimum absolute atomic E-state index is 1.18. The number of unbranched alkanes of at least 4 members (excludes halogenated alkanes) is 1. The summed E-state index contributed by atoms with van der Waals surface area (Å²) in [6.45, 7) is 8.60. The summed E-state index contributed by atoms with van der Waals surface area (Å²) in [5, 5.41) is 0. The summed E-state index contributed by atoms with van der Waals surface area (Å²) in [7, 11) is 0. The third kappa shape index (κ3) is 7.62. The van der Waals surface area contributed by atoms with Gasteiger partial charge in [0.15, 0.2) is 0 Å². The molecule has 0 nitrogen and oxygen atoms in total. The van der Waals surface area contributed by atoms with E-state index in [1.54, 1.807) is 0 Å². The molecule has 0 aliphatic carbocycles. The van der Waals surface area contributed by atoms with E-state index in [0.717, 1.165) is 0 Å². The van der Waals surface area contributed by atoms with Crippen molar-refractivity contribution >= 4 is 0 Å². The standard InChI is InChI=1S/C13H22/c1-5-7-9-13(8-6-2)11-10-12(3)4/h9,11H,5-8H2,1-4H3/b13-9-. The fourth-order valence-electron chi connectivity index (χ4n) is 1.09. The zero-order chi connectivity index (χ0) is 10.1. The van der Waals surface area contributed by atoms with Crippen LogP contribution in [0, 0.1) is 0 Å². The van der Waals surface area contributed by atoms with Crippen LogP contribution in [0.2, 0.25) is 0 Å². The van der Waals surface area contributed by atoms with E-state index < -0.39 is 0 Å². The highest BCUT2D eigenvalue weighted by Crippen LogP contribution is 2.08. The van der Waals surface area contributed by atoms with E-state index in [-0.39, 0.29) is 0 Å². The second-order valence-corrected chi connectivity index (χ2v) is 3.61. The number of hydrogen-bond donors (Lipinski definition) is 0. The normalized spacial score (nSPS) is 10.9. The van der Waals surface area contributed by atoms with Gasteiger partial charge in [0, 0.05) is 0 Å². The molecule has 0 unspecified atom stereocenters. The highest BCUT2D eigenvalue weighted by atomic mass is 13.9. The Labute approximate surface area is 83.0 Å². The Bertz CT molecular complexity index is 208. The third-order valence-corrected chi connectivity index (χ3v) is 1.78. The first-order valence-electron chi connectivity index (χ1n) is 5.29. The molecule has 0 aliphatic heterocycles. The maximum Gasteiger partial charge on any atom is -0.0172 e. The lowest BCUT2D eigenvalue weighted by atomic mass is 10.1. The van der Waals surface area contributed by atoms with Gasteiger partial charge in [0.1, 0.15) is 0 Å². The molecule has 13 heavy (non-hydrogen) atoms. The molecule has 0 heteroatoms. The highest BCUT2D eigenvalue weighted by Gasteiger charge is 1.89. The van der Waals surface area contributed by atoms with Gasteiger partial charge in [-0.2, -0.15) is 0 Å². The van der Waals surface area contributed by atoms with Crippen LogP contribution in [-0.2, 0) is 0 Å². The molecular formula is C13H22. The highest BCUT2D eigenvalue weighted by molar-refractivity contribution is 5.19. The molecule has 0 saturated heterocycles. The Morgan fingerprint density at radius 1 is 1.15 bits per heavy atom. The molecule has 0 aromatic rings. The van der Waals surface area contributed by atoms with E-state index in [0.29, 0.717) is 0 Å². The fraction of sp³-hybridized carbons (Fsp3) is 0.615. The number of hydrogen-bond acceptors (Lipinski definition) is 0. The van der Waals surface area contributed by atoms with Gasteiger partial charge in [-0.05, 0) is 43.9 Å². The molecule has 0 aromatic carbocycles. The summed E-state index contributed by atoms with van der Waals surface area (Å²) in [4.78, 5) is 0.